The lowest BCUT2D eigenvalue weighted by molar-refractivity contribution is -0.147. The first-order valence-corrected chi connectivity index (χ1v) is 13.8. The van der Waals surface area contributed by atoms with Crippen LogP contribution in [0.2, 0.25) is 0 Å². The monoisotopic (exact) mass is 531 g/mol. The predicted octanol–water partition coefficient (Wildman–Crippen LogP) is 4.53. The van der Waals surface area contributed by atoms with Crippen molar-refractivity contribution in [3.05, 3.63) is 47.3 Å². The number of hydrogen-bond acceptors (Lipinski definition) is 6. The van der Waals surface area contributed by atoms with Gasteiger partial charge in [-0.25, -0.2) is 12.8 Å². The number of carbonyl (C=O) groups excluding carboxylic acids is 1. The van der Waals surface area contributed by atoms with Gasteiger partial charge in [-0.05, 0) is 81.3 Å². The van der Waals surface area contributed by atoms with Gasteiger partial charge in [0.2, 0.25) is 15.7 Å². The van der Waals surface area contributed by atoms with Crippen molar-refractivity contribution >= 4 is 38.8 Å². The first-order valence-electron chi connectivity index (χ1n) is 12.0. The molecule has 0 bridgehead atoms. The molecular formula is C26H30FN3O6S. The van der Waals surface area contributed by atoms with Crippen molar-refractivity contribution < 1.29 is 31.9 Å². The number of hydrogen-bond donors (Lipinski definition) is 2. The van der Waals surface area contributed by atoms with Gasteiger partial charge in [-0.3, -0.25) is 13.9 Å². The molecule has 0 unspecified atom stereocenters. The van der Waals surface area contributed by atoms with Crippen LogP contribution in [-0.4, -0.2) is 50.2 Å². The Morgan fingerprint density at radius 3 is 2.43 bits per heavy atom. The number of benzene rings is 1. The number of aliphatic carboxylic acids is 1. The normalized spacial score (nSPS) is 14.1. The van der Waals surface area contributed by atoms with E-state index in [1.54, 1.807) is 19.9 Å². The third-order valence-electron chi connectivity index (χ3n) is 6.65. The van der Waals surface area contributed by atoms with Crippen LogP contribution in [0.1, 0.15) is 61.4 Å². The van der Waals surface area contributed by atoms with E-state index in [0.717, 1.165) is 19.1 Å². The van der Waals surface area contributed by atoms with Gasteiger partial charge < -0.3 is 14.8 Å². The van der Waals surface area contributed by atoms with Gasteiger partial charge in [-0.2, -0.15) is 4.98 Å². The number of sulfonamides is 1. The summed E-state index contributed by atoms with van der Waals surface area (Å²) in [6.45, 7) is 3.24. The highest BCUT2D eigenvalue weighted by molar-refractivity contribution is 7.92. The summed E-state index contributed by atoms with van der Waals surface area (Å²) in [6, 6.07) is 7.27. The van der Waals surface area contributed by atoms with E-state index in [0.29, 0.717) is 22.9 Å². The highest BCUT2D eigenvalue weighted by Gasteiger charge is 2.35. The SMILES string of the molecule is CNC(=O)c1c(-c2ccc(F)cc2)oc2nc(N(CCCC(C)(C)C(=O)O)S(C)(=O)=O)c(C3CC3)cc12. The van der Waals surface area contributed by atoms with Crippen molar-refractivity contribution in [1.29, 1.82) is 0 Å². The van der Waals surface area contributed by atoms with Gasteiger partial charge in [0.05, 0.1) is 22.6 Å². The Balaban J connectivity index is 1.85. The maximum atomic E-state index is 13.5. The first-order chi connectivity index (χ1) is 17.3. The Kier molecular flexibility index (Phi) is 7.02. The lowest BCUT2D eigenvalue weighted by Crippen LogP contribution is -2.34. The smallest absolute Gasteiger partial charge is 0.309 e. The standard InChI is InChI=1S/C26H30FN3O6S/c1-26(2,25(32)33)12-5-13-30(37(4,34)35)22-18(15-6-7-15)14-19-20(23(31)28-3)21(36-24(19)29-22)16-8-10-17(27)11-9-16/h8-11,14-15H,5-7,12-13H2,1-4H3,(H,28,31)(H,32,33). The molecule has 2 heterocycles. The molecule has 0 saturated heterocycles. The molecule has 2 aromatic heterocycles. The van der Waals surface area contributed by atoms with Crippen molar-refractivity contribution in [3.63, 3.8) is 0 Å². The predicted molar refractivity (Wildman–Crippen MR) is 138 cm³/mol. The zero-order chi connectivity index (χ0) is 27.1. The zero-order valence-corrected chi connectivity index (χ0v) is 22.0. The van der Waals surface area contributed by atoms with Gasteiger partial charge in [-0.1, -0.05) is 0 Å². The van der Waals surface area contributed by atoms with E-state index in [9.17, 15) is 27.5 Å². The fourth-order valence-electron chi connectivity index (χ4n) is 4.28. The minimum atomic E-state index is -3.77. The van der Waals surface area contributed by atoms with Gasteiger partial charge in [0, 0.05) is 19.2 Å². The first kappa shape index (κ1) is 26.6. The topological polar surface area (TPSA) is 130 Å². The van der Waals surface area contributed by atoms with Crippen molar-refractivity contribution in [2.24, 2.45) is 5.41 Å². The van der Waals surface area contributed by atoms with Crippen LogP contribution in [0.4, 0.5) is 10.2 Å². The van der Waals surface area contributed by atoms with E-state index in [1.165, 1.54) is 35.6 Å². The van der Waals surface area contributed by atoms with Crippen molar-refractivity contribution in [2.45, 2.75) is 45.4 Å². The second-order valence-corrected chi connectivity index (χ2v) is 12.0. The number of halogens is 1. The summed E-state index contributed by atoms with van der Waals surface area (Å²) >= 11 is 0. The average Bonchev–Trinajstić information content (AvgIpc) is 3.60. The Labute approximate surface area is 214 Å². The molecule has 0 spiro atoms. The Morgan fingerprint density at radius 2 is 1.89 bits per heavy atom. The van der Waals surface area contributed by atoms with Crippen LogP contribution in [0.3, 0.4) is 0 Å². The summed E-state index contributed by atoms with van der Waals surface area (Å²) < 4.78 is 46.5. The summed E-state index contributed by atoms with van der Waals surface area (Å²) in [4.78, 5) is 29.0. The number of amides is 1. The minimum Gasteiger partial charge on any atom is -0.481 e. The summed E-state index contributed by atoms with van der Waals surface area (Å²) in [5.74, 6) is -1.31. The van der Waals surface area contributed by atoms with Crippen LogP contribution in [0.15, 0.2) is 34.7 Å². The van der Waals surface area contributed by atoms with E-state index in [4.69, 9.17) is 4.42 Å². The summed E-state index contributed by atoms with van der Waals surface area (Å²) in [7, 11) is -2.28. The number of furan rings is 1. The molecule has 2 N–H and O–H groups in total. The van der Waals surface area contributed by atoms with E-state index in [-0.39, 0.29) is 41.7 Å². The fraction of sp³-hybridized carbons (Fsp3) is 0.423. The van der Waals surface area contributed by atoms with Gasteiger partial charge in [0.25, 0.3) is 5.91 Å². The number of carboxylic acid groups (broad SMARTS) is 1. The quantitative estimate of drug-likeness (QED) is 0.393. The van der Waals surface area contributed by atoms with Gasteiger partial charge >= 0.3 is 5.97 Å². The van der Waals surface area contributed by atoms with Crippen molar-refractivity contribution in [3.8, 4) is 11.3 Å². The summed E-state index contributed by atoms with van der Waals surface area (Å²) in [5, 5.41) is 12.5. The molecule has 198 valence electrons. The Morgan fingerprint density at radius 1 is 1.24 bits per heavy atom. The summed E-state index contributed by atoms with van der Waals surface area (Å²) in [5.41, 5.74) is 0.472. The van der Waals surface area contributed by atoms with Gasteiger partial charge in [0.15, 0.2) is 0 Å². The van der Waals surface area contributed by atoms with Gasteiger partial charge in [-0.15, -0.1) is 0 Å². The van der Waals surface area contributed by atoms with Crippen LogP contribution < -0.4 is 9.62 Å². The number of rotatable bonds is 10. The van der Waals surface area contributed by atoms with Crippen LogP contribution in [0, 0.1) is 11.2 Å². The molecular weight excluding hydrogens is 501 g/mol. The molecule has 11 heteroatoms. The fourth-order valence-corrected chi connectivity index (χ4v) is 5.20. The molecule has 1 saturated carbocycles. The number of carbonyl (C=O) groups is 2. The molecule has 0 radical (unpaired) electrons. The molecule has 37 heavy (non-hydrogen) atoms. The maximum absolute atomic E-state index is 13.5. The molecule has 1 fully saturated rings. The van der Waals surface area contributed by atoms with E-state index in [1.807, 2.05) is 0 Å². The number of carboxylic acids is 1. The Bertz CT molecular complexity index is 1460. The largest absolute Gasteiger partial charge is 0.481 e. The molecule has 0 aliphatic heterocycles. The molecule has 4 rings (SSSR count). The molecule has 0 atom stereocenters. The summed E-state index contributed by atoms with van der Waals surface area (Å²) in [6.07, 6.45) is 3.36. The number of nitrogens with one attached hydrogen (secondary N) is 1. The molecule has 3 aromatic rings. The third-order valence-corrected chi connectivity index (χ3v) is 7.80. The van der Waals surface area contributed by atoms with Crippen molar-refractivity contribution in [2.75, 3.05) is 24.2 Å². The highest BCUT2D eigenvalue weighted by Crippen LogP contribution is 2.47. The van der Waals surface area contributed by atoms with Crippen LogP contribution in [0.5, 0.6) is 0 Å². The molecule has 1 aliphatic carbocycles. The lowest BCUT2D eigenvalue weighted by atomic mass is 9.88. The second-order valence-electron chi connectivity index (χ2n) is 10.0. The maximum Gasteiger partial charge on any atom is 0.309 e. The van der Waals surface area contributed by atoms with Crippen LogP contribution in [0.25, 0.3) is 22.4 Å². The molecule has 1 aromatic carbocycles. The van der Waals surface area contributed by atoms with Gasteiger partial charge in [0.1, 0.15) is 17.4 Å². The van der Waals surface area contributed by atoms with Crippen LogP contribution >= 0.6 is 0 Å². The number of fused-ring (bicyclic) bond motifs is 1. The molecule has 1 amide bonds. The number of aromatic nitrogens is 1. The Hall–Kier alpha value is -3.47. The number of pyridine rings is 1. The minimum absolute atomic E-state index is 0.0433. The third kappa shape index (κ3) is 5.46. The van der Waals surface area contributed by atoms with Crippen molar-refractivity contribution in [1.82, 2.24) is 10.3 Å². The zero-order valence-electron chi connectivity index (χ0n) is 21.2. The lowest BCUT2D eigenvalue weighted by Gasteiger charge is -2.26. The molecule has 9 nitrogen and oxygen atoms in total. The van der Waals surface area contributed by atoms with Crippen LogP contribution in [-0.2, 0) is 14.8 Å². The highest BCUT2D eigenvalue weighted by atomic mass is 32.2. The second kappa shape index (κ2) is 9.77. The van der Waals surface area contributed by atoms with E-state index >= 15 is 0 Å². The van der Waals surface area contributed by atoms with E-state index in [2.05, 4.69) is 10.3 Å². The number of nitrogens with zero attached hydrogens (tertiary/aromatic N) is 2. The average molecular weight is 532 g/mol. The number of anilines is 1. The molecule has 1 aliphatic rings. The van der Waals surface area contributed by atoms with E-state index < -0.39 is 33.1 Å².